The zero-order valence-corrected chi connectivity index (χ0v) is 16.3. The van der Waals surface area contributed by atoms with Crippen molar-refractivity contribution < 1.29 is 18.1 Å². The summed E-state index contributed by atoms with van der Waals surface area (Å²) in [5.74, 6) is -2.04. The van der Waals surface area contributed by atoms with E-state index >= 15 is 0 Å². The molecule has 0 atom stereocenters. The topological polar surface area (TPSA) is 55.1 Å². The van der Waals surface area contributed by atoms with E-state index < -0.39 is 17.5 Å². The second-order valence-corrected chi connectivity index (χ2v) is 7.70. The van der Waals surface area contributed by atoms with Crippen LogP contribution >= 0.6 is 0 Å². The van der Waals surface area contributed by atoms with E-state index in [-0.39, 0.29) is 23.1 Å². The van der Waals surface area contributed by atoms with Gasteiger partial charge < -0.3 is 9.84 Å². The molecule has 0 unspecified atom stereocenters. The van der Waals surface area contributed by atoms with Gasteiger partial charge >= 0.3 is 0 Å². The SMILES string of the molecule is Cc1noc(-c2ccc(C(C)(C)C)cc2)c1C(=O)NCc1cccc(F)c1F. The zero-order chi connectivity index (χ0) is 20.5. The highest BCUT2D eigenvalue weighted by atomic mass is 19.2. The number of hydrogen-bond donors (Lipinski definition) is 1. The maximum Gasteiger partial charge on any atom is 0.257 e. The fourth-order valence-electron chi connectivity index (χ4n) is 2.90. The Balaban J connectivity index is 1.84. The number of nitrogens with zero attached hydrogens (tertiary/aromatic N) is 1. The number of carbonyl (C=O) groups is 1. The molecule has 28 heavy (non-hydrogen) atoms. The average molecular weight is 384 g/mol. The monoisotopic (exact) mass is 384 g/mol. The fraction of sp³-hybridized carbons (Fsp3) is 0.273. The Morgan fingerprint density at radius 2 is 1.79 bits per heavy atom. The first kappa shape index (κ1) is 19.7. The molecule has 0 radical (unpaired) electrons. The first-order valence-corrected chi connectivity index (χ1v) is 8.96. The summed E-state index contributed by atoms with van der Waals surface area (Å²) in [4.78, 5) is 12.7. The molecule has 0 fully saturated rings. The van der Waals surface area contributed by atoms with Gasteiger partial charge in [-0.05, 0) is 24.0 Å². The molecule has 3 aromatic rings. The normalized spacial score (nSPS) is 11.5. The minimum absolute atomic E-state index is 0.00506. The molecule has 4 nitrogen and oxygen atoms in total. The largest absolute Gasteiger partial charge is 0.355 e. The molecule has 1 N–H and O–H groups in total. The molecule has 0 bridgehead atoms. The third kappa shape index (κ3) is 3.96. The molecule has 0 spiro atoms. The lowest BCUT2D eigenvalue weighted by molar-refractivity contribution is 0.0950. The van der Waals surface area contributed by atoms with E-state index in [9.17, 15) is 13.6 Å². The maximum absolute atomic E-state index is 13.8. The van der Waals surface area contributed by atoms with Crippen LogP contribution in [0.4, 0.5) is 8.78 Å². The summed E-state index contributed by atoms with van der Waals surface area (Å²) in [6.45, 7) is 7.87. The Labute approximate surface area is 162 Å². The quantitative estimate of drug-likeness (QED) is 0.676. The lowest BCUT2D eigenvalue weighted by atomic mass is 9.86. The van der Waals surface area contributed by atoms with Gasteiger partial charge in [-0.15, -0.1) is 0 Å². The van der Waals surface area contributed by atoms with Crippen LogP contribution in [0.3, 0.4) is 0 Å². The molecular formula is C22H22F2N2O2. The van der Waals surface area contributed by atoms with Gasteiger partial charge in [0.2, 0.25) is 0 Å². The predicted molar refractivity (Wildman–Crippen MR) is 103 cm³/mol. The van der Waals surface area contributed by atoms with Crippen molar-refractivity contribution in [2.75, 3.05) is 0 Å². The third-order valence-corrected chi connectivity index (χ3v) is 4.57. The van der Waals surface area contributed by atoms with Crippen molar-refractivity contribution in [2.45, 2.75) is 39.7 Å². The summed E-state index contributed by atoms with van der Waals surface area (Å²) in [7, 11) is 0. The molecule has 0 aliphatic heterocycles. The standard InChI is InChI=1S/C22H22F2N2O2/c1-13-18(21(27)25-12-15-6-5-7-17(23)19(15)24)20(28-26-13)14-8-10-16(11-9-14)22(2,3)4/h5-11H,12H2,1-4H3,(H,25,27). The molecule has 1 heterocycles. The minimum Gasteiger partial charge on any atom is -0.355 e. The summed E-state index contributed by atoms with van der Waals surface area (Å²) in [5, 5.41) is 6.51. The number of hydrogen-bond acceptors (Lipinski definition) is 3. The van der Waals surface area contributed by atoms with Crippen LogP contribution in [0.2, 0.25) is 0 Å². The van der Waals surface area contributed by atoms with Crippen molar-refractivity contribution >= 4 is 5.91 Å². The van der Waals surface area contributed by atoms with Crippen LogP contribution in [0.5, 0.6) is 0 Å². The Kier molecular flexibility index (Phi) is 5.31. The number of aryl methyl sites for hydroxylation is 1. The lowest BCUT2D eigenvalue weighted by Gasteiger charge is -2.18. The highest BCUT2D eigenvalue weighted by Crippen LogP contribution is 2.29. The number of amides is 1. The molecular weight excluding hydrogens is 362 g/mol. The average Bonchev–Trinajstić information content (AvgIpc) is 3.03. The molecule has 0 saturated heterocycles. The van der Waals surface area contributed by atoms with Crippen molar-refractivity contribution in [2.24, 2.45) is 0 Å². The van der Waals surface area contributed by atoms with E-state index in [0.717, 1.165) is 17.2 Å². The number of aromatic nitrogens is 1. The van der Waals surface area contributed by atoms with Gasteiger partial charge in [-0.3, -0.25) is 4.79 Å². The summed E-state index contributed by atoms with van der Waals surface area (Å²) in [5.41, 5.74) is 2.65. The van der Waals surface area contributed by atoms with E-state index in [1.54, 1.807) is 6.92 Å². The molecule has 3 rings (SSSR count). The minimum atomic E-state index is -0.970. The maximum atomic E-state index is 13.8. The van der Waals surface area contributed by atoms with E-state index in [0.29, 0.717) is 11.5 Å². The zero-order valence-electron chi connectivity index (χ0n) is 16.3. The molecule has 1 amide bonds. The highest BCUT2D eigenvalue weighted by Gasteiger charge is 2.23. The number of nitrogens with one attached hydrogen (secondary N) is 1. The first-order chi connectivity index (χ1) is 13.2. The predicted octanol–water partition coefficient (Wildman–Crippen LogP) is 5.16. The van der Waals surface area contributed by atoms with Crippen LogP contribution in [0.15, 0.2) is 47.0 Å². The Morgan fingerprint density at radius 3 is 2.43 bits per heavy atom. The van der Waals surface area contributed by atoms with Crippen molar-refractivity contribution in [1.29, 1.82) is 0 Å². The molecule has 0 aliphatic rings. The second kappa shape index (κ2) is 7.54. The van der Waals surface area contributed by atoms with E-state index in [4.69, 9.17) is 4.52 Å². The van der Waals surface area contributed by atoms with Crippen LogP contribution in [0, 0.1) is 18.6 Å². The van der Waals surface area contributed by atoms with Crippen molar-refractivity contribution in [3.8, 4) is 11.3 Å². The van der Waals surface area contributed by atoms with Gasteiger partial charge in [0.25, 0.3) is 5.91 Å². The summed E-state index contributed by atoms with van der Waals surface area (Å²) < 4.78 is 32.5. The van der Waals surface area contributed by atoms with Gasteiger partial charge in [0, 0.05) is 17.7 Å². The molecule has 2 aromatic carbocycles. The Hall–Kier alpha value is -3.02. The molecule has 0 aliphatic carbocycles. The number of benzene rings is 2. The van der Waals surface area contributed by atoms with Gasteiger partial charge in [-0.25, -0.2) is 8.78 Å². The van der Waals surface area contributed by atoms with Crippen LogP contribution < -0.4 is 5.32 Å². The van der Waals surface area contributed by atoms with Crippen LogP contribution in [0.1, 0.15) is 48.0 Å². The second-order valence-electron chi connectivity index (χ2n) is 7.70. The van der Waals surface area contributed by atoms with E-state index in [1.165, 1.54) is 12.1 Å². The summed E-state index contributed by atoms with van der Waals surface area (Å²) in [6, 6.07) is 11.6. The van der Waals surface area contributed by atoms with Crippen molar-refractivity contribution in [1.82, 2.24) is 10.5 Å². The van der Waals surface area contributed by atoms with Crippen LogP contribution in [-0.4, -0.2) is 11.1 Å². The Morgan fingerprint density at radius 1 is 1.11 bits per heavy atom. The smallest absolute Gasteiger partial charge is 0.257 e. The van der Waals surface area contributed by atoms with Gasteiger partial charge in [-0.2, -0.15) is 0 Å². The molecule has 146 valence electrons. The van der Waals surface area contributed by atoms with Crippen LogP contribution in [0.25, 0.3) is 11.3 Å². The Bertz CT molecular complexity index is 1000. The molecule has 6 heteroatoms. The van der Waals surface area contributed by atoms with Gasteiger partial charge in [0.1, 0.15) is 5.56 Å². The van der Waals surface area contributed by atoms with Crippen LogP contribution in [-0.2, 0) is 12.0 Å². The van der Waals surface area contributed by atoms with E-state index in [2.05, 4.69) is 31.2 Å². The number of rotatable bonds is 4. The highest BCUT2D eigenvalue weighted by molar-refractivity contribution is 6.00. The van der Waals surface area contributed by atoms with Crippen molar-refractivity contribution in [3.63, 3.8) is 0 Å². The first-order valence-electron chi connectivity index (χ1n) is 8.96. The summed E-state index contributed by atoms with van der Waals surface area (Å²) >= 11 is 0. The van der Waals surface area contributed by atoms with E-state index in [1.807, 2.05) is 24.3 Å². The van der Waals surface area contributed by atoms with Gasteiger partial charge in [0.15, 0.2) is 17.4 Å². The van der Waals surface area contributed by atoms with Crippen molar-refractivity contribution in [3.05, 3.63) is 76.5 Å². The fourth-order valence-corrected chi connectivity index (χ4v) is 2.90. The number of carbonyl (C=O) groups excluding carboxylic acids is 1. The third-order valence-electron chi connectivity index (χ3n) is 4.57. The summed E-state index contributed by atoms with van der Waals surface area (Å²) in [6.07, 6.45) is 0. The van der Waals surface area contributed by atoms with Gasteiger partial charge in [0.05, 0.1) is 5.69 Å². The molecule has 0 saturated carbocycles. The number of halogens is 2. The van der Waals surface area contributed by atoms with Gasteiger partial charge in [-0.1, -0.05) is 62.3 Å². The lowest BCUT2D eigenvalue weighted by Crippen LogP contribution is -2.24. The molecule has 1 aromatic heterocycles.